The molecule has 6 heteroatoms. The fraction of sp³-hybridized carbons (Fsp3) is 0.381. The Morgan fingerprint density at radius 2 is 1.96 bits per heavy atom. The van der Waals surface area contributed by atoms with Crippen LogP contribution in [0.2, 0.25) is 0 Å². The Labute approximate surface area is 159 Å². The lowest BCUT2D eigenvalue weighted by Gasteiger charge is -2.31. The molecule has 0 spiro atoms. The van der Waals surface area contributed by atoms with Gasteiger partial charge >= 0.3 is 0 Å². The first-order chi connectivity index (χ1) is 13.0. The number of hydrogen-bond acceptors (Lipinski definition) is 4. The summed E-state index contributed by atoms with van der Waals surface area (Å²) in [6, 6.07) is 8.83. The van der Waals surface area contributed by atoms with Gasteiger partial charge in [0.2, 0.25) is 5.91 Å². The van der Waals surface area contributed by atoms with Crippen molar-refractivity contribution in [3.05, 3.63) is 53.2 Å². The molecule has 142 valence electrons. The second kappa shape index (κ2) is 8.20. The van der Waals surface area contributed by atoms with Crippen LogP contribution in [0.1, 0.15) is 41.3 Å². The average molecular weight is 367 g/mol. The van der Waals surface area contributed by atoms with E-state index in [1.807, 2.05) is 26.0 Å². The second-order valence-corrected chi connectivity index (χ2v) is 6.98. The van der Waals surface area contributed by atoms with Gasteiger partial charge in [0.15, 0.2) is 0 Å². The minimum absolute atomic E-state index is 0.00233. The van der Waals surface area contributed by atoms with E-state index >= 15 is 0 Å². The summed E-state index contributed by atoms with van der Waals surface area (Å²) in [5.74, 6) is 0.164. The standard InChI is InChI=1S/C21H25N3O3/c1-3-15-5-6-18(25)17(12-15)21(27)24-10-8-16(9-11-24)20(26)23-19-7-4-14(2)13-22-19/h4-7,12-13,16,25H,3,8-11H2,1-2H3,(H,22,23,26). The summed E-state index contributed by atoms with van der Waals surface area (Å²) < 4.78 is 0. The van der Waals surface area contributed by atoms with Crippen molar-refractivity contribution in [1.29, 1.82) is 0 Å². The highest BCUT2D eigenvalue weighted by Crippen LogP contribution is 2.25. The molecule has 6 nitrogen and oxygen atoms in total. The second-order valence-electron chi connectivity index (χ2n) is 6.98. The molecule has 0 unspecified atom stereocenters. The Kier molecular flexibility index (Phi) is 5.74. The van der Waals surface area contributed by atoms with E-state index in [1.165, 1.54) is 0 Å². The molecule has 0 bridgehead atoms. The van der Waals surface area contributed by atoms with Gasteiger partial charge in [-0.3, -0.25) is 9.59 Å². The van der Waals surface area contributed by atoms with Crippen molar-refractivity contribution in [2.75, 3.05) is 18.4 Å². The third-order valence-corrected chi connectivity index (χ3v) is 5.02. The summed E-state index contributed by atoms with van der Waals surface area (Å²) in [5, 5.41) is 12.9. The number of nitrogens with one attached hydrogen (secondary N) is 1. The zero-order chi connectivity index (χ0) is 19.4. The van der Waals surface area contributed by atoms with Gasteiger partial charge in [-0.05, 0) is 55.5 Å². The van der Waals surface area contributed by atoms with Crippen molar-refractivity contribution < 1.29 is 14.7 Å². The number of carbonyl (C=O) groups excluding carboxylic acids is 2. The van der Waals surface area contributed by atoms with Crippen LogP contribution in [0.5, 0.6) is 5.75 Å². The zero-order valence-corrected chi connectivity index (χ0v) is 15.7. The van der Waals surface area contributed by atoms with Crippen LogP contribution in [0.4, 0.5) is 5.82 Å². The van der Waals surface area contributed by atoms with Crippen LogP contribution in [0.25, 0.3) is 0 Å². The maximum atomic E-state index is 12.7. The summed E-state index contributed by atoms with van der Waals surface area (Å²) in [5.41, 5.74) is 2.38. The van der Waals surface area contributed by atoms with Crippen LogP contribution in [-0.4, -0.2) is 39.9 Å². The molecule has 0 saturated carbocycles. The highest BCUT2D eigenvalue weighted by Gasteiger charge is 2.29. The number of aromatic hydroxyl groups is 1. The number of benzene rings is 1. The van der Waals surface area contributed by atoms with E-state index in [-0.39, 0.29) is 23.5 Å². The number of nitrogens with zero attached hydrogens (tertiary/aromatic N) is 2. The predicted molar refractivity (Wildman–Crippen MR) is 104 cm³/mol. The molecule has 1 aromatic carbocycles. The lowest BCUT2D eigenvalue weighted by molar-refractivity contribution is -0.121. The Bertz CT molecular complexity index is 825. The number of anilines is 1. The average Bonchev–Trinajstić information content (AvgIpc) is 2.69. The molecule has 3 rings (SSSR count). The van der Waals surface area contributed by atoms with Crippen molar-refractivity contribution in [3.63, 3.8) is 0 Å². The highest BCUT2D eigenvalue weighted by atomic mass is 16.3. The van der Waals surface area contributed by atoms with Crippen molar-refractivity contribution in [2.45, 2.75) is 33.1 Å². The van der Waals surface area contributed by atoms with Crippen molar-refractivity contribution in [3.8, 4) is 5.75 Å². The van der Waals surface area contributed by atoms with E-state index in [0.29, 0.717) is 37.3 Å². The Morgan fingerprint density at radius 3 is 2.59 bits per heavy atom. The van der Waals surface area contributed by atoms with Gasteiger partial charge in [-0.1, -0.05) is 19.1 Å². The molecule has 1 aromatic heterocycles. The maximum absolute atomic E-state index is 12.7. The topological polar surface area (TPSA) is 82.5 Å². The number of piperidine rings is 1. The summed E-state index contributed by atoms with van der Waals surface area (Å²) >= 11 is 0. The van der Waals surface area contributed by atoms with Crippen LogP contribution >= 0.6 is 0 Å². The first kappa shape index (κ1) is 18.9. The number of likely N-dealkylation sites (tertiary alicyclic amines) is 1. The van der Waals surface area contributed by atoms with Gasteiger partial charge in [-0.25, -0.2) is 4.98 Å². The molecule has 1 saturated heterocycles. The quantitative estimate of drug-likeness (QED) is 0.870. The molecule has 0 radical (unpaired) electrons. The molecular formula is C21H25N3O3. The number of hydrogen-bond donors (Lipinski definition) is 2. The zero-order valence-electron chi connectivity index (χ0n) is 15.7. The fourth-order valence-electron chi connectivity index (χ4n) is 3.26. The van der Waals surface area contributed by atoms with E-state index in [0.717, 1.165) is 17.5 Å². The molecule has 2 heterocycles. The smallest absolute Gasteiger partial charge is 0.257 e. The Balaban J connectivity index is 1.59. The summed E-state index contributed by atoms with van der Waals surface area (Å²) in [6.07, 6.45) is 3.71. The Morgan fingerprint density at radius 1 is 1.22 bits per heavy atom. The third kappa shape index (κ3) is 4.45. The van der Waals surface area contributed by atoms with Crippen LogP contribution in [0.15, 0.2) is 36.5 Å². The van der Waals surface area contributed by atoms with Gasteiger partial charge in [0.05, 0.1) is 5.56 Å². The van der Waals surface area contributed by atoms with Gasteiger partial charge in [0, 0.05) is 25.2 Å². The van der Waals surface area contributed by atoms with Gasteiger partial charge in [0.1, 0.15) is 11.6 Å². The van der Waals surface area contributed by atoms with Gasteiger partial charge in [-0.2, -0.15) is 0 Å². The minimum Gasteiger partial charge on any atom is -0.507 e. The molecule has 2 amide bonds. The monoisotopic (exact) mass is 367 g/mol. The molecule has 0 aliphatic carbocycles. The lowest BCUT2D eigenvalue weighted by Crippen LogP contribution is -2.41. The SMILES string of the molecule is CCc1ccc(O)c(C(=O)N2CCC(C(=O)Nc3ccc(C)cn3)CC2)c1. The van der Waals surface area contributed by atoms with E-state index in [1.54, 1.807) is 29.3 Å². The molecule has 2 N–H and O–H groups in total. The maximum Gasteiger partial charge on any atom is 0.257 e. The number of amides is 2. The molecule has 1 fully saturated rings. The molecular weight excluding hydrogens is 342 g/mol. The summed E-state index contributed by atoms with van der Waals surface area (Å²) in [4.78, 5) is 31.1. The summed E-state index contributed by atoms with van der Waals surface area (Å²) in [6.45, 7) is 4.94. The lowest BCUT2D eigenvalue weighted by atomic mass is 9.95. The Hall–Kier alpha value is -2.89. The van der Waals surface area contributed by atoms with E-state index in [4.69, 9.17) is 0 Å². The molecule has 1 aliphatic rings. The number of phenolic OH excluding ortho intramolecular Hbond substituents is 1. The molecule has 1 aliphatic heterocycles. The fourth-order valence-corrected chi connectivity index (χ4v) is 3.26. The number of aromatic nitrogens is 1. The van der Waals surface area contributed by atoms with Crippen LogP contribution < -0.4 is 5.32 Å². The van der Waals surface area contributed by atoms with Crippen LogP contribution in [0, 0.1) is 12.8 Å². The first-order valence-electron chi connectivity index (χ1n) is 9.32. The number of aryl methyl sites for hydroxylation is 2. The number of phenols is 1. The third-order valence-electron chi connectivity index (χ3n) is 5.02. The van der Waals surface area contributed by atoms with Crippen molar-refractivity contribution in [1.82, 2.24) is 9.88 Å². The summed E-state index contributed by atoms with van der Waals surface area (Å²) in [7, 11) is 0. The van der Waals surface area contributed by atoms with Crippen LogP contribution in [0.3, 0.4) is 0 Å². The number of carbonyl (C=O) groups is 2. The number of pyridine rings is 1. The molecule has 2 aromatic rings. The normalized spacial score (nSPS) is 14.8. The predicted octanol–water partition coefficient (Wildman–Crippen LogP) is 3.15. The van der Waals surface area contributed by atoms with E-state index in [9.17, 15) is 14.7 Å². The van der Waals surface area contributed by atoms with Crippen molar-refractivity contribution >= 4 is 17.6 Å². The van der Waals surface area contributed by atoms with Gasteiger partial charge in [0.25, 0.3) is 5.91 Å². The molecule has 27 heavy (non-hydrogen) atoms. The van der Waals surface area contributed by atoms with Gasteiger partial charge in [-0.15, -0.1) is 0 Å². The molecule has 0 atom stereocenters. The van der Waals surface area contributed by atoms with E-state index in [2.05, 4.69) is 10.3 Å². The van der Waals surface area contributed by atoms with Gasteiger partial charge < -0.3 is 15.3 Å². The largest absolute Gasteiger partial charge is 0.507 e. The number of rotatable bonds is 4. The highest BCUT2D eigenvalue weighted by molar-refractivity contribution is 5.97. The van der Waals surface area contributed by atoms with E-state index < -0.39 is 0 Å². The van der Waals surface area contributed by atoms with Crippen LogP contribution in [-0.2, 0) is 11.2 Å². The minimum atomic E-state index is -0.179. The first-order valence-corrected chi connectivity index (χ1v) is 9.32. The van der Waals surface area contributed by atoms with Crippen molar-refractivity contribution in [2.24, 2.45) is 5.92 Å².